The van der Waals surface area contributed by atoms with Crippen LogP contribution in [0.2, 0.25) is 0 Å². The number of fused-ring (bicyclic) bond motifs is 1. The third-order valence-corrected chi connectivity index (χ3v) is 6.17. The molecule has 2 aromatic heterocycles. The molecule has 0 saturated carbocycles. The number of hydrogen-bond donors (Lipinski definition) is 1. The molecule has 38 heavy (non-hydrogen) atoms. The van der Waals surface area contributed by atoms with Crippen LogP contribution in [-0.2, 0) is 16.1 Å². The number of nitrogens with one attached hydrogen (secondary N) is 1. The molecule has 4 aromatic rings. The monoisotopic (exact) mass is 516 g/mol. The molecule has 0 aliphatic heterocycles. The number of carbonyl (C=O) groups excluding carboxylic acids is 2. The minimum absolute atomic E-state index is 0.129. The van der Waals surface area contributed by atoms with E-state index in [1.165, 1.54) is 23.8 Å². The Balaban J connectivity index is 1.79. The van der Waals surface area contributed by atoms with Gasteiger partial charge < -0.3 is 14.8 Å². The van der Waals surface area contributed by atoms with Crippen molar-refractivity contribution in [1.82, 2.24) is 25.3 Å². The Morgan fingerprint density at radius 2 is 1.74 bits per heavy atom. The second-order valence-electron chi connectivity index (χ2n) is 9.20. The highest BCUT2D eigenvalue weighted by Gasteiger charge is 2.33. The lowest BCUT2D eigenvalue weighted by atomic mass is 10.0. The number of anilines is 1. The number of amides is 2. The van der Waals surface area contributed by atoms with Crippen LogP contribution in [0.15, 0.2) is 67.0 Å². The summed E-state index contributed by atoms with van der Waals surface area (Å²) >= 11 is 0. The summed E-state index contributed by atoms with van der Waals surface area (Å²) in [5.41, 5.74) is 2.48. The van der Waals surface area contributed by atoms with E-state index in [1.807, 2.05) is 24.3 Å². The normalized spacial score (nSPS) is 11.8. The van der Waals surface area contributed by atoms with E-state index < -0.39 is 6.04 Å². The van der Waals surface area contributed by atoms with Gasteiger partial charge in [-0.25, -0.2) is 4.68 Å². The Labute approximate surface area is 221 Å². The summed E-state index contributed by atoms with van der Waals surface area (Å²) in [6.45, 7) is 4.54. The zero-order valence-corrected chi connectivity index (χ0v) is 22.0. The summed E-state index contributed by atoms with van der Waals surface area (Å²) in [4.78, 5) is 33.4. The summed E-state index contributed by atoms with van der Waals surface area (Å²) in [5, 5.41) is 11.4. The number of para-hydroxylation sites is 1. The van der Waals surface area contributed by atoms with E-state index in [0.29, 0.717) is 40.7 Å². The molecule has 0 bridgehead atoms. The van der Waals surface area contributed by atoms with Crippen LogP contribution < -0.4 is 19.7 Å². The number of pyridine rings is 1. The van der Waals surface area contributed by atoms with Crippen LogP contribution in [0.4, 0.5) is 5.69 Å². The highest BCUT2D eigenvalue weighted by atomic mass is 16.5. The zero-order valence-electron chi connectivity index (χ0n) is 22.0. The van der Waals surface area contributed by atoms with Gasteiger partial charge in [-0.05, 0) is 54.3 Å². The van der Waals surface area contributed by atoms with Crippen LogP contribution in [0.3, 0.4) is 0 Å². The first-order chi connectivity index (χ1) is 18.4. The molecular formula is C28H32N6O4. The maximum Gasteiger partial charge on any atom is 0.249 e. The summed E-state index contributed by atoms with van der Waals surface area (Å²) in [6.07, 6.45) is 4.02. The molecule has 0 spiro atoms. The van der Waals surface area contributed by atoms with Gasteiger partial charge in [-0.1, -0.05) is 31.2 Å². The Morgan fingerprint density at radius 1 is 1.00 bits per heavy atom. The summed E-state index contributed by atoms with van der Waals surface area (Å²) in [7, 11) is 3.06. The fraction of sp³-hybridized carbons (Fsp3) is 0.321. The molecule has 1 N–H and O–H groups in total. The number of ether oxygens (including phenoxy) is 2. The molecule has 2 heterocycles. The molecule has 10 nitrogen and oxygen atoms in total. The molecule has 0 aliphatic rings. The molecule has 0 radical (unpaired) electrons. The van der Waals surface area contributed by atoms with Crippen LogP contribution in [0.25, 0.3) is 11.0 Å². The van der Waals surface area contributed by atoms with Crippen LogP contribution in [0, 0.1) is 5.92 Å². The van der Waals surface area contributed by atoms with E-state index in [-0.39, 0.29) is 18.4 Å². The SMILES string of the molecule is COc1ccc(N(C(=O)Cn2nnc3ccccc32)[C@@H](C(=O)NCCC(C)C)c2ccncc2)cc1OC. The van der Waals surface area contributed by atoms with Crippen LogP contribution >= 0.6 is 0 Å². The van der Waals surface area contributed by atoms with Crippen molar-refractivity contribution in [2.45, 2.75) is 32.9 Å². The molecule has 198 valence electrons. The van der Waals surface area contributed by atoms with E-state index in [4.69, 9.17) is 9.47 Å². The summed E-state index contributed by atoms with van der Waals surface area (Å²) < 4.78 is 12.4. The van der Waals surface area contributed by atoms with Crippen molar-refractivity contribution in [2.75, 3.05) is 25.7 Å². The van der Waals surface area contributed by atoms with Gasteiger partial charge in [-0.15, -0.1) is 5.10 Å². The van der Waals surface area contributed by atoms with Gasteiger partial charge in [-0.3, -0.25) is 19.5 Å². The number of rotatable bonds is 11. The highest BCUT2D eigenvalue weighted by molar-refractivity contribution is 6.01. The average Bonchev–Trinajstić information content (AvgIpc) is 3.34. The molecule has 2 aromatic carbocycles. The molecule has 1 atom stereocenters. The van der Waals surface area contributed by atoms with E-state index in [2.05, 4.69) is 34.5 Å². The second kappa shape index (κ2) is 12.2. The Bertz CT molecular complexity index is 1390. The average molecular weight is 517 g/mol. The minimum atomic E-state index is -0.967. The fourth-order valence-electron chi connectivity index (χ4n) is 4.19. The first kappa shape index (κ1) is 26.6. The zero-order chi connectivity index (χ0) is 27.1. The number of hydrogen-bond acceptors (Lipinski definition) is 7. The van der Waals surface area contributed by atoms with Gasteiger partial charge in [0.2, 0.25) is 11.8 Å². The highest BCUT2D eigenvalue weighted by Crippen LogP contribution is 2.35. The van der Waals surface area contributed by atoms with Crippen molar-refractivity contribution >= 4 is 28.5 Å². The van der Waals surface area contributed by atoms with E-state index in [0.717, 1.165) is 11.9 Å². The van der Waals surface area contributed by atoms with Crippen molar-refractivity contribution in [1.29, 1.82) is 0 Å². The Kier molecular flexibility index (Phi) is 8.52. The maximum atomic E-state index is 14.1. The third-order valence-electron chi connectivity index (χ3n) is 6.17. The molecule has 0 fully saturated rings. The summed E-state index contributed by atoms with van der Waals surface area (Å²) in [6, 6.07) is 15.0. The molecule has 0 unspecified atom stereocenters. The Hall–Kier alpha value is -4.47. The predicted octanol–water partition coefficient (Wildman–Crippen LogP) is 3.78. The third kappa shape index (κ3) is 5.91. The number of carbonyl (C=O) groups is 2. The molecule has 4 rings (SSSR count). The maximum absolute atomic E-state index is 14.1. The van der Waals surface area contributed by atoms with Crippen molar-refractivity contribution in [3.63, 3.8) is 0 Å². The predicted molar refractivity (Wildman–Crippen MR) is 144 cm³/mol. The Morgan fingerprint density at radius 3 is 2.45 bits per heavy atom. The van der Waals surface area contributed by atoms with Crippen LogP contribution in [0.5, 0.6) is 11.5 Å². The largest absolute Gasteiger partial charge is 0.493 e. The van der Waals surface area contributed by atoms with Gasteiger partial charge in [0.15, 0.2) is 11.5 Å². The van der Waals surface area contributed by atoms with Gasteiger partial charge in [0, 0.05) is 30.7 Å². The van der Waals surface area contributed by atoms with Crippen molar-refractivity contribution < 1.29 is 19.1 Å². The van der Waals surface area contributed by atoms with E-state index >= 15 is 0 Å². The van der Waals surface area contributed by atoms with Gasteiger partial charge in [0.1, 0.15) is 18.1 Å². The molecule has 10 heteroatoms. The van der Waals surface area contributed by atoms with Crippen LogP contribution in [0.1, 0.15) is 31.9 Å². The molecular weight excluding hydrogens is 484 g/mol. The van der Waals surface area contributed by atoms with E-state index in [9.17, 15) is 9.59 Å². The smallest absolute Gasteiger partial charge is 0.249 e. The number of aromatic nitrogens is 4. The van der Waals surface area contributed by atoms with Crippen LogP contribution in [-0.4, -0.2) is 52.6 Å². The molecule has 2 amide bonds. The van der Waals surface area contributed by atoms with Crippen molar-refractivity contribution in [2.24, 2.45) is 5.92 Å². The van der Waals surface area contributed by atoms with Gasteiger partial charge in [0.05, 0.1) is 19.7 Å². The van der Waals surface area contributed by atoms with Crippen molar-refractivity contribution in [3.05, 3.63) is 72.6 Å². The lowest BCUT2D eigenvalue weighted by molar-refractivity contribution is -0.127. The number of benzene rings is 2. The standard InChI is InChI=1S/C28H32N6O4/c1-19(2)11-16-30-28(36)27(20-12-14-29-15-13-20)34(21-9-10-24(37-3)25(17-21)38-4)26(35)18-33-23-8-6-5-7-22(23)31-32-33/h5-10,12-15,17,19,27H,11,16,18H2,1-4H3,(H,30,36)/t27-/m1/s1. The quantitative estimate of drug-likeness (QED) is 0.323. The van der Waals surface area contributed by atoms with Gasteiger partial charge in [0.25, 0.3) is 0 Å². The van der Waals surface area contributed by atoms with Gasteiger partial charge >= 0.3 is 0 Å². The first-order valence-electron chi connectivity index (χ1n) is 12.4. The molecule has 0 saturated heterocycles. The topological polar surface area (TPSA) is 111 Å². The molecule has 0 aliphatic carbocycles. The lowest BCUT2D eigenvalue weighted by Gasteiger charge is -2.32. The fourth-order valence-corrected chi connectivity index (χ4v) is 4.19. The van der Waals surface area contributed by atoms with Gasteiger partial charge in [-0.2, -0.15) is 0 Å². The summed E-state index contributed by atoms with van der Waals surface area (Å²) in [5.74, 6) is 0.700. The van der Waals surface area contributed by atoms with E-state index in [1.54, 1.807) is 42.7 Å². The number of nitrogens with zero attached hydrogens (tertiary/aromatic N) is 5. The first-order valence-corrected chi connectivity index (χ1v) is 12.4. The minimum Gasteiger partial charge on any atom is -0.493 e. The lowest BCUT2D eigenvalue weighted by Crippen LogP contribution is -2.45. The van der Waals surface area contributed by atoms with Crippen molar-refractivity contribution in [3.8, 4) is 11.5 Å². The second-order valence-corrected chi connectivity index (χ2v) is 9.20. The number of methoxy groups -OCH3 is 2.